The molecule has 0 N–H and O–H groups in total. The van der Waals surface area contributed by atoms with Gasteiger partial charge < -0.3 is 0 Å². The van der Waals surface area contributed by atoms with Crippen LogP contribution < -0.4 is 0 Å². The average Bonchev–Trinajstić information content (AvgIpc) is 1.88. The molecule has 0 aromatic heterocycles. The number of rotatable bonds is 0. The van der Waals surface area contributed by atoms with Gasteiger partial charge in [0.05, 0.1) is 0 Å². The largest absolute Gasteiger partial charge is 0.294 e. The minimum atomic E-state index is -0.158. The number of hydrogen-bond donors (Lipinski definition) is 0. The molecule has 0 aromatic carbocycles. The fourth-order valence-corrected chi connectivity index (χ4v) is 1.67. The van der Waals surface area contributed by atoms with Gasteiger partial charge in [0.2, 0.25) is 0 Å². The first-order chi connectivity index (χ1) is 4.85. The molecule has 0 saturated heterocycles. The van der Waals surface area contributed by atoms with E-state index in [0.29, 0.717) is 5.78 Å². The maximum absolute atomic E-state index is 11.5. The summed E-state index contributed by atoms with van der Waals surface area (Å²) in [6.45, 7) is 10.2. The summed E-state index contributed by atoms with van der Waals surface area (Å²) in [6.07, 6.45) is 1.94. The Kier molecular flexibility index (Phi) is 1.52. The van der Waals surface area contributed by atoms with Gasteiger partial charge in [-0.15, -0.1) is 0 Å². The predicted octanol–water partition coefficient (Wildman–Crippen LogP) is 2.57. The van der Waals surface area contributed by atoms with Crippen molar-refractivity contribution in [3.8, 4) is 0 Å². The number of Topliss-reactive ketones (excluding diaryl/α,β-unsaturated/α-hetero) is 1. The van der Waals surface area contributed by atoms with E-state index in [1.807, 2.05) is 26.8 Å². The highest BCUT2D eigenvalue weighted by Crippen LogP contribution is 2.56. The Balaban J connectivity index is 3.08. The molecule has 1 rings (SSSR count). The van der Waals surface area contributed by atoms with Crippen molar-refractivity contribution in [1.29, 1.82) is 0 Å². The minimum Gasteiger partial charge on any atom is -0.294 e. The van der Waals surface area contributed by atoms with E-state index in [9.17, 15) is 4.79 Å². The van der Waals surface area contributed by atoms with E-state index in [4.69, 9.17) is 0 Å². The number of ketones is 1. The van der Waals surface area contributed by atoms with E-state index in [0.717, 1.165) is 5.57 Å². The van der Waals surface area contributed by atoms with Crippen molar-refractivity contribution < 1.29 is 4.79 Å². The molecule has 0 radical (unpaired) electrons. The second kappa shape index (κ2) is 1.96. The molecule has 0 bridgehead atoms. The van der Waals surface area contributed by atoms with Crippen LogP contribution >= 0.6 is 0 Å². The predicted molar refractivity (Wildman–Crippen MR) is 46.3 cm³/mol. The summed E-state index contributed by atoms with van der Waals surface area (Å²) in [5.74, 6) is 0.310. The Labute approximate surface area is 68.5 Å². The Morgan fingerprint density at radius 2 is 1.55 bits per heavy atom. The van der Waals surface area contributed by atoms with Crippen LogP contribution in [0.1, 0.15) is 34.6 Å². The molecule has 0 spiro atoms. The fraction of sp³-hybridized carbons (Fsp3) is 0.700. The van der Waals surface area contributed by atoms with Gasteiger partial charge in [0.25, 0.3) is 0 Å². The lowest BCUT2D eigenvalue weighted by Gasteiger charge is -2.52. The fourth-order valence-electron chi connectivity index (χ4n) is 1.67. The van der Waals surface area contributed by atoms with E-state index >= 15 is 0 Å². The summed E-state index contributed by atoms with van der Waals surface area (Å²) in [5.41, 5.74) is 0.899. The Morgan fingerprint density at radius 1 is 1.09 bits per heavy atom. The molecule has 0 heterocycles. The van der Waals surface area contributed by atoms with Gasteiger partial charge in [0.15, 0.2) is 5.78 Å². The monoisotopic (exact) mass is 152 g/mol. The second-order valence-electron chi connectivity index (χ2n) is 4.28. The molecule has 1 heteroatoms. The molecule has 1 aliphatic rings. The van der Waals surface area contributed by atoms with Gasteiger partial charge in [0, 0.05) is 10.8 Å². The van der Waals surface area contributed by atoms with Crippen LogP contribution in [0.5, 0.6) is 0 Å². The van der Waals surface area contributed by atoms with Crippen LogP contribution in [0.15, 0.2) is 11.6 Å². The molecule has 0 amide bonds. The first-order valence-electron chi connectivity index (χ1n) is 4.07. The van der Waals surface area contributed by atoms with Gasteiger partial charge in [-0.3, -0.25) is 4.79 Å². The summed E-state index contributed by atoms with van der Waals surface area (Å²) < 4.78 is 0. The van der Waals surface area contributed by atoms with Crippen molar-refractivity contribution in [1.82, 2.24) is 0 Å². The van der Waals surface area contributed by atoms with E-state index in [-0.39, 0.29) is 10.8 Å². The second-order valence-corrected chi connectivity index (χ2v) is 4.28. The van der Waals surface area contributed by atoms with E-state index in [1.54, 1.807) is 0 Å². The maximum Gasteiger partial charge on any atom is 0.165 e. The minimum absolute atomic E-state index is 0.0683. The van der Waals surface area contributed by atoms with Gasteiger partial charge in [0.1, 0.15) is 0 Å². The zero-order chi connectivity index (χ0) is 8.86. The normalized spacial score (nSPS) is 30.3. The molecule has 62 valence electrons. The van der Waals surface area contributed by atoms with E-state index in [2.05, 4.69) is 13.8 Å². The zero-order valence-electron chi connectivity index (χ0n) is 7.99. The molecule has 1 fully saturated rings. The van der Waals surface area contributed by atoms with Crippen LogP contribution in [-0.2, 0) is 4.79 Å². The van der Waals surface area contributed by atoms with Gasteiger partial charge in [-0.25, -0.2) is 0 Å². The molecule has 1 saturated carbocycles. The molecule has 1 aliphatic carbocycles. The van der Waals surface area contributed by atoms with Gasteiger partial charge in [-0.05, 0) is 12.5 Å². The van der Waals surface area contributed by atoms with Gasteiger partial charge >= 0.3 is 0 Å². The molecule has 11 heavy (non-hydrogen) atoms. The SMILES string of the molecule is C/C=C1\C(=O)C(C)(C)C1(C)C. The van der Waals surface area contributed by atoms with Gasteiger partial charge in [-0.1, -0.05) is 33.8 Å². The van der Waals surface area contributed by atoms with Crippen molar-refractivity contribution in [3.05, 3.63) is 11.6 Å². The van der Waals surface area contributed by atoms with Crippen molar-refractivity contribution in [2.24, 2.45) is 10.8 Å². The van der Waals surface area contributed by atoms with Crippen LogP contribution in [0, 0.1) is 10.8 Å². The Bertz CT molecular complexity index is 231. The lowest BCUT2D eigenvalue weighted by molar-refractivity contribution is -0.139. The Hall–Kier alpha value is -0.590. The van der Waals surface area contributed by atoms with Crippen molar-refractivity contribution in [3.63, 3.8) is 0 Å². The highest BCUT2D eigenvalue weighted by atomic mass is 16.1. The number of carbonyl (C=O) groups excluding carboxylic acids is 1. The van der Waals surface area contributed by atoms with E-state index in [1.165, 1.54) is 0 Å². The summed E-state index contributed by atoms with van der Waals surface area (Å²) >= 11 is 0. The van der Waals surface area contributed by atoms with Crippen LogP contribution in [0.2, 0.25) is 0 Å². The first-order valence-corrected chi connectivity index (χ1v) is 4.07. The third-order valence-electron chi connectivity index (χ3n) is 3.34. The highest BCUT2D eigenvalue weighted by Gasteiger charge is 2.57. The van der Waals surface area contributed by atoms with Crippen molar-refractivity contribution >= 4 is 5.78 Å². The van der Waals surface area contributed by atoms with Crippen molar-refractivity contribution in [2.75, 3.05) is 0 Å². The molecule has 0 atom stereocenters. The van der Waals surface area contributed by atoms with Crippen molar-refractivity contribution in [2.45, 2.75) is 34.6 Å². The van der Waals surface area contributed by atoms with Crippen LogP contribution in [0.4, 0.5) is 0 Å². The third-order valence-corrected chi connectivity index (χ3v) is 3.34. The highest BCUT2D eigenvalue weighted by molar-refractivity contribution is 6.08. The van der Waals surface area contributed by atoms with E-state index < -0.39 is 0 Å². The van der Waals surface area contributed by atoms with Gasteiger partial charge in [-0.2, -0.15) is 0 Å². The molecule has 1 nitrogen and oxygen atoms in total. The average molecular weight is 152 g/mol. The third kappa shape index (κ3) is 0.741. The number of allylic oxidation sites excluding steroid dienone is 2. The zero-order valence-corrected chi connectivity index (χ0v) is 7.99. The summed E-state index contributed by atoms with van der Waals surface area (Å²) in [4.78, 5) is 11.5. The standard InChI is InChI=1S/C10H16O/c1-6-7-8(11)10(4,5)9(7,2)3/h6H,1-5H3/b7-6+. The topological polar surface area (TPSA) is 17.1 Å². The van der Waals surface area contributed by atoms with Crippen LogP contribution in [0.3, 0.4) is 0 Å². The molecule has 0 aliphatic heterocycles. The summed E-state index contributed by atoms with van der Waals surface area (Å²) in [5, 5.41) is 0. The Morgan fingerprint density at radius 3 is 1.73 bits per heavy atom. The lowest BCUT2D eigenvalue weighted by Crippen LogP contribution is -2.54. The number of carbonyl (C=O) groups is 1. The smallest absolute Gasteiger partial charge is 0.165 e. The van der Waals surface area contributed by atoms with Crippen LogP contribution in [-0.4, -0.2) is 5.78 Å². The first kappa shape index (κ1) is 8.51. The number of hydrogen-bond acceptors (Lipinski definition) is 1. The van der Waals surface area contributed by atoms with Crippen LogP contribution in [0.25, 0.3) is 0 Å². The molecule has 0 aromatic rings. The summed E-state index contributed by atoms with van der Waals surface area (Å²) in [6, 6.07) is 0. The molecular weight excluding hydrogens is 136 g/mol. The quantitative estimate of drug-likeness (QED) is 0.487. The molecule has 0 unspecified atom stereocenters. The molecular formula is C10H16O. The maximum atomic E-state index is 11.5. The summed E-state index contributed by atoms with van der Waals surface area (Å²) in [7, 11) is 0. The lowest BCUT2D eigenvalue weighted by atomic mass is 9.49.